The van der Waals surface area contributed by atoms with E-state index in [9.17, 15) is 5.11 Å². The number of rotatable bonds is 9. The Morgan fingerprint density at radius 2 is 2.14 bits per heavy atom. The van der Waals surface area contributed by atoms with Gasteiger partial charge in [-0.1, -0.05) is 6.07 Å². The number of hydrogen-bond donors (Lipinski definition) is 3. The standard InChI is InChI=1S/C22H35N3O3.HI/c1-2-23-22(24-11-5-12-27-15-17-10-13-28-16-17)25-14-20-19-7-4-3-6-18(19)8-9-21(20)26;/h8-9,17,26H,2-7,10-16H2,1H3,(H2,23,24,25);1H. The molecule has 29 heavy (non-hydrogen) atoms. The third-order valence-corrected chi connectivity index (χ3v) is 5.50. The number of aromatic hydroxyl groups is 1. The summed E-state index contributed by atoms with van der Waals surface area (Å²) in [4.78, 5) is 4.71. The first-order valence-corrected chi connectivity index (χ1v) is 10.8. The van der Waals surface area contributed by atoms with Crippen molar-refractivity contribution in [2.75, 3.05) is 39.5 Å². The zero-order valence-electron chi connectivity index (χ0n) is 17.5. The molecule has 0 bridgehead atoms. The molecule has 0 saturated carbocycles. The summed E-state index contributed by atoms with van der Waals surface area (Å²) in [7, 11) is 0. The van der Waals surface area contributed by atoms with E-state index in [2.05, 4.69) is 23.6 Å². The van der Waals surface area contributed by atoms with E-state index in [1.165, 1.54) is 24.0 Å². The summed E-state index contributed by atoms with van der Waals surface area (Å²) in [5, 5.41) is 17.0. The van der Waals surface area contributed by atoms with E-state index in [0.29, 0.717) is 18.2 Å². The zero-order valence-corrected chi connectivity index (χ0v) is 19.9. The number of benzene rings is 1. The first kappa shape index (κ1) is 24.2. The van der Waals surface area contributed by atoms with Gasteiger partial charge in [0.05, 0.1) is 19.8 Å². The fraction of sp³-hybridized carbons (Fsp3) is 0.682. The summed E-state index contributed by atoms with van der Waals surface area (Å²) in [6.07, 6.45) is 6.63. The molecule has 1 aliphatic carbocycles. The number of nitrogens with zero attached hydrogens (tertiary/aromatic N) is 1. The van der Waals surface area contributed by atoms with Gasteiger partial charge >= 0.3 is 0 Å². The summed E-state index contributed by atoms with van der Waals surface area (Å²) >= 11 is 0. The monoisotopic (exact) mass is 517 g/mol. The number of phenolic OH excluding ortho intramolecular Hbond substituents is 1. The lowest BCUT2D eigenvalue weighted by Gasteiger charge is -2.20. The van der Waals surface area contributed by atoms with Crippen molar-refractivity contribution in [2.45, 2.75) is 52.0 Å². The Morgan fingerprint density at radius 1 is 1.28 bits per heavy atom. The van der Waals surface area contributed by atoms with Gasteiger partial charge in [-0.2, -0.15) is 0 Å². The maximum absolute atomic E-state index is 10.3. The molecule has 1 aromatic carbocycles. The number of guanidine groups is 1. The third kappa shape index (κ3) is 7.61. The van der Waals surface area contributed by atoms with Crippen LogP contribution in [0.2, 0.25) is 0 Å². The van der Waals surface area contributed by atoms with Crippen LogP contribution in [0, 0.1) is 5.92 Å². The highest BCUT2D eigenvalue weighted by Gasteiger charge is 2.16. The average molecular weight is 517 g/mol. The molecule has 1 unspecified atom stereocenters. The maximum Gasteiger partial charge on any atom is 0.191 e. The van der Waals surface area contributed by atoms with E-state index < -0.39 is 0 Å². The van der Waals surface area contributed by atoms with Crippen molar-refractivity contribution in [3.63, 3.8) is 0 Å². The number of halogens is 1. The van der Waals surface area contributed by atoms with Crippen molar-refractivity contribution < 1.29 is 14.6 Å². The fourth-order valence-corrected chi connectivity index (χ4v) is 3.91. The Labute approximate surface area is 191 Å². The second-order valence-electron chi connectivity index (χ2n) is 7.69. The van der Waals surface area contributed by atoms with Crippen LogP contribution in [0.3, 0.4) is 0 Å². The molecule has 0 radical (unpaired) electrons. The van der Waals surface area contributed by atoms with E-state index in [0.717, 1.165) is 76.7 Å². The second kappa shape index (κ2) is 13.3. The Balaban J connectivity index is 0.00000300. The predicted molar refractivity (Wildman–Crippen MR) is 127 cm³/mol. The number of fused-ring (bicyclic) bond motifs is 1. The Hall–Kier alpha value is -1.06. The van der Waals surface area contributed by atoms with E-state index in [-0.39, 0.29) is 24.0 Å². The van der Waals surface area contributed by atoms with Crippen molar-refractivity contribution in [3.8, 4) is 5.75 Å². The average Bonchev–Trinajstić information content (AvgIpc) is 3.23. The lowest BCUT2D eigenvalue weighted by molar-refractivity contribution is 0.0888. The fourth-order valence-electron chi connectivity index (χ4n) is 3.91. The van der Waals surface area contributed by atoms with Gasteiger partial charge in [-0.25, -0.2) is 4.99 Å². The van der Waals surface area contributed by atoms with E-state index in [1.807, 2.05) is 6.07 Å². The molecule has 1 aliphatic heterocycles. The first-order valence-electron chi connectivity index (χ1n) is 10.8. The van der Waals surface area contributed by atoms with Crippen molar-refractivity contribution in [1.29, 1.82) is 0 Å². The van der Waals surface area contributed by atoms with Gasteiger partial charge in [0.25, 0.3) is 0 Å². The van der Waals surface area contributed by atoms with Gasteiger partial charge in [-0.3, -0.25) is 0 Å². The van der Waals surface area contributed by atoms with E-state index >= 15 is 0 Å². The van der Waals surface area contributed by atoms with Crippen LogP contribution >= 0.6 is 24.0 Å². The van der Waals surface area contributed by atoms with Gasteiger partial charge in [0.1, 0.15) is 5.75 Å². The highest BCUT2D eigenvalue weighted by Crippen LogP contribution is 2.31. The molecule has 1 atom stereocenters. The van der Waals surface area contributed by atoms with Crippen LogP contribution in [0.1, 0.15) is 49.3 Å². The topological polar surface area (TPSA) is 75.1 Å². The molecule has 0 aromatic heterocycles. The van der Waals surface area contributed by atoms with Crippen LogP contribution < -0.4 is 10.6 Å². The van der Waals surface area contributed by atoms with Crippen molar-refractivity contribution in [2.24, 2.45) is 10.9 Å². The number of nitrogens with one attached hydrogen (secondary N) is 2. The minimum Gasteiger partial charge on any atom is -0.508 e. The number of aryl methyl sites for hydroxylation is 1. The van der Waals surface area contributed by atoms with Crippen LogP contribution in [0.25, 0.3) is 0 Å². The number of phenols is 1. The van der Waals surface area contributed by atoms with Gasteiger partial charge in [0, 0.05) is 37.8 Å². The number of hydrogen-bond acceptors (Lipinski definition) is 4. The van der Waals surface area contributed by atoms with Crippen LogP contribution in [-0.4, -0.2) is 50.6 Å². The van der Waals surface area contributed by atoms with Crippen molar-refractivity contribution in [3.05, 3.63) is 28.8 Å². The molecule has 2 aliphatic rings. The smallest absolute Gasteiger partial charge is 0.191 e. The highest BCUT2D eigenvalue weighted by molar-refractivity contribution is 14.0. The molecule has 0 amide bonds. The van der Waals surface area contributed by atoms with E-state index in [4.69, 9.17) is 14.5 Å². The Kier molecular flexibility index (Phi) is 11.1. The van der Waals surface area contributed by atoms with Crippen LogP contribution in [0.5, 0.6) is 5.75 Å². The van der Waals surface area contributed by atoms with Crippen LogP contribution in [-0.2, 0) is 28.9 Å². The maximum atomic E-state index is 10.3. The largest absolute Gasteiger partial charge is 0.508 e. The molecule has 1 fully saturated rings. The van der Waals surface area contributed by atoms with Gasteiger partial charge in [0.15, 0.2) is 5.96 Å². The summed E-state index contributed by atoms with van der Waals surface area (Å²) in [6.45, 7) is 7.44. The molecule has 3 rings (SSSR count). The second-order valence-corrected chi connectivity index (χ2v) is 7.69. The summed E-state index contributed by atoms with van der Waals surface area (Å²) < 4.78 is 11.1. The molecule has 1 saturated heterocycles. The summed E-state index contributed by atoms with van der Waals surface area (Å²) in [5.41, 5.74) is 3.66. The molecule has 3 N–H and O–H groups in total. The third-order valence-electron chi connectivity index (χ3n) is 5.50. The van der Waals surface area contributed by atoms with Gasteiger partial charge < -0.3 is 25.2 Å². The van der Waals surface area contributed by atoms with Crippen molar-refractivity contribution in [1.82, 2.24) is 10.6 Å². The SMILES string of the molecule is CCNC(=NCc1c(O)ccc2c1CCCC2)NCCCOCC1CCOC1.I. The van der Waals surface area contributed by atoms with Gasteiger partial charge in [0.2, 0.25) is 0 Å². The van der Waals surface area contributed by atoms with Crippen LogP contribution in [0.4, 0.5) is 0 Å². The minimum absolute atomic E-state index is 0. The Bertz CT molecular complexity index is 648. The molecule has 0 spiro atoms. The molecule has 6 nitrogen and oxygen atoms in total. The molecule has 7 heteroatoms. The van der Waals surface area contributed by atoms with Crippen molar-refractivity contribution >= 4 is 29.9 Å². The first-order chi connectivity index (χ1) is 13.8. The number of aliphatic imine (C=N–C) groups is 1. The zero-order chi connectivity index (χ0) is 19.6. The van der Waals surface area contributed by atoms with Gasteiger partial charge in [-0.15, -0.1) is 24.0 Å². The minimum atomic E-state index is 0. The molecule has 164 valence electrons. The quantitative estimate of drug-likeness (QED) is 0.203. The normalized spacial score (nSPS) is 18.8. The molecular weight excluding hydrogens is 481 g/mol. The van der Waals surface area contributed by atoms with E-state index in [1.54, 1.807) is 0 Å². The lowest BCUT2D eigenvalue weighted by Crippen LogP contribution is -2.38. The molecular formula is C22H36IN3O3. The number of ether oxygens (including phenoxy) is 2. The van der Waals surface area contributed by atoms with Gasteiger partial charge in [-0.05, 0) is 62.6 Å². The summed E-state index contributed by atoms with van der Waals surface area (Å²) in [5.74, 6) is 1.72. The molecule has 1 aromatic rings. The molecule has 1 heterocycles. The van der Waals surface area contributed by atoms with Crippen LogP contribution in [0.15, 0.2) is 17.1 Å². The summed E-state index contributed by atoms with van der Waals surface area (Å²) in [6, 6.07) is 3.89. The predicted octanol–water partition coefficient (Wildman–Crippen LogP) is 3.39. The Morgan fingerprint density at radius 3 is 2.93 bits per heavy atom. The lowest BCUT2D eigenvalue weighted by atomic mass is 9.88. The highest BCUT2D eigenvalue weighted by atomic mass is 127.